The SMILES string of the molecule is CC(=O)O[C@@H]1C2[C@H]3OC(C)(C)O[C@@H]3C3C(CC[C@@]4(C)C3CC[C@@H]4O[Si](C)(C)C(C)(C)C)[C@@]2(C)CC[C@H]1OC(=O)Cc1cccc(I(Cl)Cl)c1. The molecule has 7 nitrogen and oxygen atoms in total. The van der Waals surface area contributed by atoms with Crippen LogP contribution in [0.5, 0.6) is 0 Å². The molecule has 49 heavy (non-hydrogen) atoms. The van der Waals surface area contributed by atoms with Gasteiger partial charge in [-0.15, -0.1) is 0 Å². The third kappa shape index (κ3) is 7.03. The topological polar surface area (TPSA) is 80.3 Å². The molecule has 0 aromatic heterocycles. The van der Waals surface area contributed by atoms with E-state index in [1.165, 1.54) is 6.92 Å². The van der Waals surface area contributed by atoms with Crippen LogP contribution >= 0.6 is 35.4 Å². The molecule has 1 heterocycles. The number of halogens is 3. The van der Waals surface area contributed by atoms with Crippen LogP contribution in [0.15, 0.2) is 24.3 Å². The van der Waals surface area contributed by atoms with Crippen molar-refractivity contribution in [3.63, 3.8) is 0 Å². The van der Waals surface area contributed by atoms with Crippen molar-refractivity contribution < 1.29 is 33.0 Å². The summed E-state index contributed by atoms with van der Waals surface area (Å²) in [6.07, 6.45) is 4.55. The number of carbonyl (C=O) groups is 2. The van der Waals surface area contributed by atoms with Gasteiger partial charge in [-0.25, -0.2) is 0 Å². The van der Waals surface area contributed by atoms with Crippen LogP contribution in [-0.2, 0) is 39.4 Å². The number of esters is 2. The summed E-state index contributed by atoms with van der Waals surface area (Å²) in [5, 5.41) is 0.152. The van der Waals surface area contributed by atoms with Gasteiger partial charge in [-0.1, -0.05) is 27.7 Å². The third-order valence-corrected chi connectivity index (χ3v) is 22.0. The minimum atomic E-state index is -2.23. The van der Waals surface area contributed by atoms with Gasteiger partial charge in [0.05, 0.1) is 6.10 Å². The summed E-state index contributed by atoms with van der Waals surface area (Å²) in [5.41, 5.74) is 0.687. The number of fused-ring (bicyclic) bond motifs is 8. The minimum absolute atomic E-state index is 0.0651. The number of benzene rings is 1. The zero-order chi connectivity index (χ0) is 35.9. The fourth-order valence-electron chi connectivity index (χ4n) is 10.5. The van der Waals surface area contributed by atoms with Crippen LogP contribution < -0.4 is 0 Å². The van der Waals surface area contributed by atoms with Crippen LogP contribution in [0.25, 0.3) is 0 Å². The van der Waals surface area contributed by atoms with E-state index in [1.807, 2.05) is 38.1 Å². The molecule has 0 radical (unpaired) electrons. The van der Waals surface area contributed by atoms with E-state index in [1.54, 1.807) is 0 Å². The Morgan fingerprint density at radius 3 is 2.24 bits per heavy atom. The Kier molecular flexibility index (Phi) is 10.5. The van der Waals surface area contributed by atoms with Crippen LogP contribution in [0, 0.1) is 38.1 Å². The van der Waals surface area contributed by atoms with Crippen molar-refractivity contribution in [2.45, 2.75) is 155 Å². The van der Waals surface area contributed by atoms with Gasteiger partial charge in [0.25, 0.3) is 0 Å². The normalized spacial score (nSPS) is 40.0. The van der Waals surface area contributed by atoms with Gasteiger partial charge in [-0.05, 0) is 62.6 Å². The maximum atomic E-state index is 13.5. The summed E-state index contributed by atoms with van der Waals surface area (Å²) >= 11 is -2.23. The van der Waals surface area contributed by atoms with Crippen LogP contribution in [0.1, 0.15) is 99.5 Å². The van der Waals surface area contributed by atoms with Crippen molar-refractivity contribution in [3.05, 3.63) is 33.4 Å². The molecule has 6 rings (SSSR count). The zero-order valence-electron chi connectivity index (χ0n) is 30.9. The van der Waals surface area contributed by atoms with E-state index in [9.17, 15) is 9.59 Å². The molecule has 276 valence electrons. The summed E-state index contributed by atoms with van der Waals surface area (Å²) in [6, 6.07) is 7.56. The molecule has 1 aromatic carbocycles. The molecule has 0 N–H and O–H groups in total. The summed E-state index contributed by atoms with van der Waals surface area (Å²) < 4.78 is 34.3. The first-order valence-electron chi connectivity index (χ1n) is 18.2. The maximum absolute atomic E-state index is 13.5. The first kappa shape index (κ1) is 38.3. The molecule has 0 bridgehead atoms. The first-order chi connectivity index (χ1) is 22.7. The van der Waals surface area contributed by atoms with Crippen LogP contribution in [-0.4, -0.2) is 56.6 Å². The molecule has 4 unspecified atom stereocenters. The van der Waals surface area contributed by atoms with Gasteiger partial charge >= 0.3 is 202 Å². The first-order valence-corrected chi connectivity index (χ1v) is 27.6. The molecule has 4 aliphatic carbocycles. The molecule has 11 atom stereocenters. The van der Waals surface area contributed by atoms with E-state index < -0.39 is 43.9 Å². The average Bonchev–Trinajstić information content (AvgIpc) is 3.48. The summed E-state index contributed by atoms with van der Waals surface area (Å²) in [7, 11) is 10.5. The third-order valence-electron chi connectivity index (χ3n) is 13.7. The second-order valence-electron chi connectivity index (χ2n) is 18.0. The van der Waals surface area contributed by atoms with Gasteiger partial charge in [-0.3, -0.25) is 0 Å². The van der Waals surface area contributed by atoms with Gasteiger partial charge in [0.15, 0.2) is 8.32 Å². The Hall–Kier alpha value is -0.433. The molecule has 4 saturated carbocycles. The van der Waals surface area contributed by atoms with E-state index in [0.717, 1.165) is 41.2 Å². The number of hydrogen-bond donors (Lipinski definition) is 0. The van der Waals surface area contributed by atoms with Gasteiger partial charge in [0, 0.05) is 0 Å². The van der Waals surface area contributed by atoms with Crippen LogP contribution in [0.2, 0.25) is 18.1 Å². The van der Waals surface area contributed by atoms with Crippen molar-refractivity contribution in [1.29, 1.82) is 0 Å². The molecular weight excluding hydrogens is 794 g/mol. The molecule has 11 heteroatoms. The van der Waals surface area contributed by atoms with Crippen molar-refractivity contribution in [2.75, 3.05) is 0 Å². The summed E-state index contributed by atoms with van der Waals surface area (Å²) in [5.74, 6) is -0.568. The van der Waals surface area contributed by atoms with E-state index >= 15 is 0 Å². The van der Waals surface area contributed by atoms with Crippen molar-refractivity contribution >= 4 is 55.6 Å². The van der Waals surface area contributed by atoms with Gasteiger partial charge in [0.2, 0.25) is 0 Å². The molecule has 1 aromatic rings. The quantitative estimate of drug-likeness (QED) is 0.154. The van der Waals surface area contributed by atoms with Crippen molar-refractivity contribution in [1.82, 2.24) is 0 Å². The standard InChI is InChI=1S/C38H57Cl2IO7Si/c1-22(42)44-32-27(45-29(43)21-23-12-11-13-24(20-23)41(39)40)17-19-38(8)26-16-18-37(7)25(14-15-28(37)48-49(9,10)35(2,3)4)30(26)33-34(31(32)38)47-36(5,6)46-33/h11-13,20,25-28,30-34H,14-19,21H2,1-10H3/t25?,26?,27-,28+,30?,31?,32+,33-,34-,37+,38-/m1/s1. The summed E-state index contributed by atoms with van der Waals surface area (Å²) in [6.45, 7) is 22.1. The molecule has 1 saturated heterocycles. The summed E-state index contributed by atoms with van der Waals surface area (Å²) in [4.78, 5) is 26.2. The monoisotopic (exact) mass is 850 g/mol. The fraction of sp³-hybridized carbons (Fsp3) is 0.789. The number of rotatable bonds is 7. The molecule has 1 aliphatic heterocycles. The predicted molar refractivity (Wildman–Crippen MR) is 204 cm³/mol. The fourth-order valence-corrected chi connectivity index (χ4v) is 14.2. The Labute approximate surface area is 309 Å². The van der Waals surface area contributed by atoms with Crippen LogP contribution in [0.3, 0.4) is 0 Å². The Balaban J connectivity index is 1.30. The number of carbonyl (C=O) groups excluding carboxylic acids is 2. The molecule has 0 spiro atoms. The number of ether oxygens (including phenoxy) is 4. The van der Waals surface area contributed by atoms with Gasteiger partial charge in [-0.2, -0.15) is 0 Å². The van der Waals surface area contributed by atoms with Crippen molar-refractivity contribution in [3.8, 4) is 0 Å². The average molecular weight is 852 g/mol. The second-order valence-corrected chi connectivity index (χ2v) is 30.0. The molecule has 0 amide bonds. The molecular formula is C38H57Cl2IO7Si. The van der Waals surface area contributed by atoms with E-state index in [2.05, 4.69) is 47.7 Å². The zero-order valence-corrected chi connectivity index (χ0v) is 35.6. The molecule has 5 aliphatic rings. The number of hydrogen-bond acceptors (Lipinski definition) is 7. The van der Waals surface area contributed by atoms with Gasteiger partial charge in [0.1, 0.15) is 0 Å². The van der Waals surface area contributed by atoms with Crippen molar-refractivity contribution in [2.24, 2.45) is 34.5 Å². The van der Waals surface area contributed by atoms with E-state index in [-0.39, 0.29) is 58.5 Å². The predicted octanol–water partition coefficient (Wildman–Crippen LogP) is 9.84. The van der Waals surface area contributed by atoms with E-state index in [4.69, 9.17) is 41.2 Å². The van der Waals surface area contributed by atoms with Gasteiger partial charge < -0.3 is 4.43 Å². The Bertz CT molecular complexity index is 1430. The second kappa shape index (κ2) is 13.5. The van der Waals surface area contributed by atoms with E-state index in [0.29, 0.717) is 24.2 Å². The Morgan fingerprint density at radius 1 is 0.939 bits per heavy atom. The van der Waals surface area contributed by atoms with Crippen LogP contribution in [0.4, 0.5) is 0 Å². The molecule has 5 fully saturated rings. The Morgan fingerprint density at radius 2 is 1.59 bits per heavy atom.